The Morgan fingerprint density at radius 1 is 0.929 bits per heavy atom. The summed E-state index contributed by atoms with van der Waals surface area (Å²) in [4.78, 5) is 5.01. The molecule has 2 aliphatic rings. The molecule has 0 spiro atoms. The van der Waals surface area contributed by atoms with Gasteiger partial charge in [0.05, 0.1) is 11.6 Å². The second-order valence-corrected chi connectivity index (χ2v) is 8.72. The summed E-state index contributed by atoms with van der Waals surface area (Å²) < 4.78 is 0. The second-order valence-electron chi connectivity index (χ2n) is 8.72. The first-order valence-electron chi connectivity index (χ1n) is 10.7. The van der Waals surface area contributed by atoms with Crippen LogP contribution in [0.1, 0.15) is 47.9 Å². The monoisotopic (exact) mass is 373 g/mol. The molecule has 3 nitrogen and oxygen atoms in total. The van der Waals surface area contributed by atoms with Crippen LogP contribution in [0.25, 0.3) is 0 Å². The van der Waals surface area contributed by atoms with Crippen molar-refractivity contribution in [2.45, 2.75) is 51.2 Å². The van der Waals surface area contributed by atoms with Gasteiger partial charge in [0, 0.05) is 19.1 Å². The highest BCUT2D eigenvalue weighted by atomic mass is 15.2. The van der Waals surface area contributed by atoms with E-state index in [0.717, 1.165) is 24.6 Å². The normalized spacial score (nSPS) is 18.3. The third kappa shape index (κ3) is 5.22. The number of piperidine rings is 1. The number of rotatable bonds is 7. The molecule has 2 aromatic rings. The molecule has 0 atom stereocenters. The fourth-order valence-corrected chi connectivity index (χ4v) is 4.34. The lowest BCUT2D eigenvalue weighted by molar-refractivity contribution is 0.219. The number of hydrogen-bond acceptors (Lipinski definition) is 3. The first-order valence-corrected chi connectivity index (χ1v) is 10.7. The second kappa shape index (κ2) is 8.90. The van der Waals surface area contributed by atoms with Gasteiger partial charge in [-0.1, -0.05) is 36.4 Å². The van der Waals surface area contributed by atoms with Gasteiger partial charge < -0.3 is 4.90 Å². The van der Waals surface area contributed by atoms with Crippen molar-refractivity contribution in [1.82, 2.24) is 9.80 Å². The van der Waals surface area contributed by atoms with E-state index in [1.54, 1.807) is 0 Å². The van der Waals surface area contributed by atoms with Crippen LogP contribution in [0.4, 0.5) is 0 Å². The fourth-order valence-electron chi connectivity index (χ4n) is 4.34. The molecule has 2 fully saturated rings. The largest absolute Gasteiger partial charge is 0.306 e. The SMILES string of the molecule is CN1CCC(Cc2ccc(CN(Cc3cccc(C#N)c3)C3CC3)cc2)CC1. The van der Waals surface area contributed by atoms with Crippen LogP contribution in [0.2, 0.25) is 0 Å². The Bertz CT molecular complexity index is 808. The molecule has 0 N–H and O–H groups in total. The van der Waals surface area contributed by atoms with Gasteiger partial charge in [-0.2, -0.15) is 5.26 Å². The quantitative estimate of drug-likeness (QED) is 0.710. The van der Waals surface area contributed by atoms with Crippen LogP contribution < -0.4 is 0 Å². The van der Waals surface area contributed by atoms with Crippen LogP contribution in [0.3, 0.4) is 0 Å². The van der Waals surface area contributed by atoms with E-state index in [0.29, 0.717) is 6.04 Å². The Hall–Kier alpha value is -2.15. The summed E-state index contributed by atoms with van der Waals surface area (Å²) in [5.74, 6) is 0.845. The van der Waals surface area contributed by atoms with Crippen LogP contribution in [-0.2, 0) is 19.5 Å². The van der Waals surface area contributed by atoms with E-state index < -0.39 is 0 Å². The van der Waals surface area contributed by atoms with E-state index in [1.165, 1.54) is 61.9 Å². The summed E-state index contributed by atoms with van der Waals surface area (Å²) in [5.41, 5.74) is 4.88. The first-order chi connectivity index (χ1) is 13.7. The van der Waals surface area contributed by atoms with Crippen molar-refractivity contribution >= 4 is 0 Å². The van der Waals surface area contributed by atoms with Crippen LogP contribution in [0.5, 0.6) is 0 Å². The Morgan fingerprint density at radius 3 is 2.29 bits per heavy atom. The third-order valence-corrected chi connectivity index (χ3v) is 6.28. The van der Waals surface area contributed by atoms with E-state index in [4.69, 9.17) is 5.26 Å². The maximum Gasteiger partial charge on any atom is 0.0991 e. The molecule has 1 heterocycles. The van der Waals surface area contributed by atoms with Gasteiger partial charge in [-0.25, -0.2) is 0 Å². The molecule has 1 aliphatic heterocycles. The van der Waals surface area contributed by atoms with E-state index in [9.17, 15) is 0 Å². The number of likely N-dealkylation sites (tertiary alicyclic amines) is 1. The van der Waals surface area contributed by atoms with Crippen LogP contribution in [0.15, 0.2) is 48.5 Å². The molecule has 146 valence electrons. The van der Waals surface area contributed by atoms with Gasteiger partial charge in [0.15, 0.2) is 0 Å². The van der Waals surface area contributed by atoms with Gasteiger partial charge in [-0.05, 0) is 87.0 Å². The summed E-state index contributed by atoms with van der Waals surface area (Å²) in [6.45, 7) is 4.41. The molecule has 0 aromatic heterocycles. The van der Waals surface area contributed by atoms with Gasteiger partial charge >= 0.3 is 0 Å². The van der Waals surface area contributed by atoms with Crippen molar-refractivity contribution in [2.24, 2.45) is 5.92 Å². The molecule has 1 aliphatic carbocycles. The molecule has 0 unspecified atom stereocenters. The Labute approximate surface area is 169 Å². The van der Waals surface area contributed by atoms with Crippen molar-refractivity contribution < 1.29 is 0 Å². The van der Waals surface area contributed by atoms with E-state index in [-0.39, 0.29) is 0 Å². The molecular formula is C25H31N3. The number of nitrogens with zero attached hydrogens (tertiary/aromatic N) is 3. The van der Waals surface area contributed by atoms with Crippen molar-refractivity contribution in [3.63, 3.8) is 0 Å². The molecule has 0 amide bonds. The van der Waals surface area contributed by atoms with Crippen molar-refractivity contribution in [3.05, 3.63) is 70.8 Å². The molecule has 1 saturated carbocycles. The minimum atomic E-state index is 0.699. The maximum atomic E-state index is 9.14. The number of nitriles is 1. The van der Waals surface area contributed by atoms with E-state index >= 15 is 0 Å². The average Bonchev–Trinajstić information content (AvgIpc) is 3.56. The van der Waals surface area contributed by atoms with Gasteiger partial charge in [0.25, 0.3) is 0 Å². The Balaban J connectivity index is 1.35. The Morgan fingerprint density at radius 2 is 1.61 bits per heavy atom. The van der Waals surface area contributed by atoms with Crippen molar-refractivity contribution in [1.29, 1.82) is 5.26 Å². The average molecular weight is 374 g/mol. The predicted molar refractivity (Wildman–Crippen MR) is 114 cm³/mol. The predicted octanol–water partition coefficient (Wildman–Crippen LogP) is 4.61. The zero-order valence-electron chi connectivity index (χ0n) is 17.0. The standard InChI is InChI=1S/C25H31N3/c1-27-13-11-21(12-14-27)15-20-5-7-22(8-6-20)18-28(25-9-10-25)19-24-4-2-3-23(16-24)17-26/h2-8,16,21,25H,9-15,18-19H2,1H3. The van der Waals surface area contributed by atoms with Gasteiger partial charge in [-0.3, -0.25) is 4.90 Å². The molecule has 4 rings (SSSR count). The minimum Gasteiger partial charge on any atom is -0.306 e. The number of hydrogen-bond donors (Lipinski definition) is 0. The van der Waals surface area contributed by atoms with E-state index in [2.05, 4.69) is 53.2 Å². The smallest absolute Gasteiger partial charge is 0.0991 e. The first kappa shape index (κ1) is 19.2. The molecule has 0 radical (unpaired) electrons. The zero-order chi connectivity index (χ0) is 19.3. The summed E-state index contributed by atoms with van der Waals surface area (Å²) >= 11 is 0. The molecule has 28 heavy (non-hydrogen) atoms. The fraction of sp³-hybridized carbons (Fsp3) is 0.480. The molecule has 0 bridgehead atoms. The highest BCUT2D eigenvalue weighted by molar-refractivity contribution is 5.33. The zero-order valence-corrected chi connectivity index (χ0v) is 17.0. The summed E-state index contributed by atoms with van der Waals surface area (Å²) in [5, 5.41) is 9.14. The maximum absolute atomic E-state index is 9.14. The summed E-state index contributed by atoms with van der Waals surface area (Å²) in [7, 11) is 2.23. The van der Waals surface area contributed by atoms with Crippen LogP contribution in [-0.4, -0.2) is 36.0 Å². The van der Waals surface area contributed by atoms with Gasteiger partial charge in [0.1, 0.15) is 0 Å². The Kier molecular flexibility index (Phi) is 6.10. The third-order valence-electron chi connectivity index (χ3n) is 6.28. The summed E-state index contributed by atoms with van der Waals surface area (Å²) in [6, 6.07) is 20.3. The lowest BCUT2D eigenvalue weighted by atomic mass is 9.90. The number of benzene rings is 2. The van der Waals surface area contributed by atoms with Crippen LogP contribution in [0, 0.1) is 17.2 Å². The lowest BCUT2D eigenvalue weighted by Crippen LogP contribution is -2.30. The summed E-state index contributed by atoms with van der Waals surface area (Å²) in [6.07, 6.45) is 6.48. The minimum absolute atomic E-state index is 0.699. The molecule has 3 heteroatoms. The van der Waals surface area contributed by atoms with Crippen LogP contribution >= 0.6 is 0 Å². The highest BCUT2D eigenvalue weighted by Crippen LogP contribution is 2.30. The highest BCUT2D eigenvalue weighted by Gasteiger charge is 2.29. The van der Waals surface area contributed by atoms with Crippen molar-refractivity contribution in [2.75, 3.05) is 20.1 Å². The van der Waals surface area contributed by atoms with E-state index in [1.807, 2.05) is 18.2 Å². The molecule has 2 aromatic carbocycles. The molecular weight excluding hydrogens is 342 g/mol. The molecule has 1 saturated heterocycles. The van der Waals surface area contributed by atoms with Crippen molar-refractivity contribution in [3.8, 4) is 6.07 Å². The van der Waals surface area contributed by atoms with Gasteiger partial charge in [-0.15, -0.1) is 0 Å². The lowest BCUT2D eigenvalue weighted by Gasteiger charge is -2.29. The topological polar surface area (TPSA) is 30.3 Å². The van der Waals surface area contributed by atoms with Gasteiger partial charge in [0.2, 0.25) is 0 Å².